The molecule has 0 radical (unpaired) electrons. The van der Waals surface area contributed by atoms with Crippen molar-refractivity contribution in [1.82, 2.24) is 4.90 Å². The maximum absolute atomic E-state index is 13.4. The fourth-order valence-corrected chi connectivity index (χ4v) is 1.66. The van der Waals surface area contributed by atoms with Gasteiger partial charge in [0.15, 0.2) is 11.6 Å². The van der Waals surface area contributed by atoms with E-state index in [-0.39, 0.29) is 18.8 Å². The molecule has 0 aliphatic rings. The van der Waals surface area contributed by atoms with Gasteiger partial charge >= 0.3 is 0 Å². The van der Waals surface area contributed by atoms with Gasteiger partial charge in [0.2, 0.25) is 0 Å². The summed E-state index contributed by atoms with van der Waals surface area (Å²) in [6.45, 7) is -0.123. The van der Waals surface area contributed by atoms with Crippen molar-refractivity contribution in [3.8, 4) is 5.75 Å². The van der Waals surface area contributed by atoms with E-state index in [2.05, 4.69) is 0 Å². The number of likely N-dealkylation sites (N-methyl/N-ethyl adjacent to an activating group) is 1. The summed E-state index contributed by atoms with van der Waals surface area (Å²) in [6, 6.07) is 3.84. The Kier molecular flexibility index (Phi) is 5.43. The van der Waals surface area contributed by atoms with Gasteiger partial charge in [-0.15, -0.1) is 0 Å². The van der Waals surface area contributed by atoms with Crippen molar-refractivity contribution < 1.29 is 17.9 Å². The van der Waals surface area contributed by atoms with Crippen LogP contribution in [0, 0.1) is 5.82 Å². The van der Waals surface area contributed by atoms with Crippen LogP contribution in [0.5, 0.6) is 5.75 Å². The number of methoxy groups -OCH3 is 1. The summed E-state index contributed by atoms with van der Waals surface area (Å²) in [5.41, 5.74) is 6.39. The second-order valence-corrected chi connectivity index (χ2v) is 4.11. The molecule has 0 aliphatic carbocycles. The lowest BCUT2D eigenvalue weighted by Crippen LogP contribution is -2.32. The lowest BCUT2D eigenvalue weighted by Gasteiger charge is -2.21. The average molecular weight is 262 g/mol. The highest BCUT2D eigenvalue weighted by molar-refractivity contribution is 5.31. The van der Waals surface area contributed by atoms with Crippen molar-refractivity contribution in [3.63, 3.8) is 0 Å². The minimum absolute atomic E-state index is 0.131. The molecule has 1 aromatic rings. The molecule has 0 saturated heterocycles. The van der Waals surface area contributed by atoms with Crippen LogP contribution in [0.1, 0.15) is 11.6 Å². The topological polar surface area (TPSA) is 38.5 Å². The van der Waals surface area contributed by atoms with Crippen molar-refractivity contribution in [2.75, 3.05) is 27.2 Å². The number of nitrogens with two attached hydrogens (primary N) is 1. The molecule has 0 aromatic heterocycles. The van der Waals surface area contributed by atoms with Crippen LogP contribution in [0.25, 0.3) is 0 Å². The molecule has 1 aromatic carbocycles. The van der Waals surface area contributed by atoms with Gasteiger partial charge in [-0.2, -0.15) is 0 Å². The fourth-order valence-electron chi connectivity index (χ4n) is 1.66. The summed E-state index contributed by atoms with van der Waals surface area (Å²) in [5.74, 6) is -0.381. The van der Waals surface area contributed by atoms with Crippen molar-refractivity contribution in [2.45, 2.75) is 12.5 Å². The Bertz CT molecular complexity index is 388. The maximum atomic E-state index is 13.4. The summed E-state index contributed by atoms with van der Waals surface area (Å²) < 4.78 is 42.5. The first-order valence-electron chi connectivity index (χ1n) is 5.49. The predicted molar refractivity (Wildman–Crippen MR) is 63.4 cm³/mol. The van der Waals surface area contributed by atoms with E-state index in [0.717, 1.165) is 0 Å². The third kappa shape index (κ3) is 4.19. The summed E-state index contributed by atoms with van der Waals surface area (Å²) >= 11 is 0. The molecule has 1 atom stereocenters. The molecule has 0 heterocycles. The Balaban J connectivity index is 2.66. The molecular weight excluding hydrogens is 245 g/mol. The summed E-state index contributed by atoms with van der Waals surface area (Å²) in [7, 11) is 2.92. The van der Waals surface area contributed by atoms with Crippen molar-refractivity contribution in [3.05, 3.63) is 29.6 Å². The number of rotatable bonds is 6. The number of hydrogen-bond acceptors (Lipinski definition) is 3. The Morgan fingerprint density at radius 1 is 1.33 bits per heavy atom. The largest absolute Gasteiger partial charge is 0.494 e. The number of hydrogen-bond donors (Lipinski definition) is 1. The molecule has 0 amide bonds. The lowest BCUT2D eigenvalue weighted by molar-refractivity contribution is 0.0978. The van der Waals surface area contributed by atoms with Crippen LogP contribution in [-0.4, -0.2) is 38.6 Å². The first-order chi connectivity index (χ1) is 8.43. The van der Waals surface area contributed by atoms with Crippen LogP contribution in [0.2, 0.25) is 0 Å². The van der Waals surface area contributed by atoms with Gasteiger partial charge in [-0.25, -0.2) is 13.2 Å². The first kappa shape index (κ1) is 14.8. The third-order valence-corrected chi connectivity index (χ3v) is 2.56. The van der Waals surface area contributed by atoms with Gasteiger partial charge < -0.3 is 10.5 Å². The molecule has 1 rings (SSSR count). The quantitative estimate of drug-likeness (QED) is 0.852. The van der Waals surface area contributed by atoms with Crippen LogP contribution in [0.3, 0.4) is 0 Å². The van der Waals surface area contributed by atoms with Gasteiger partial charge in [-0.1, -0.05) is 6.07 Å². The molecule has 0 spiro atoms. The maximum Gasteiger partial charge on any atom is 0.251 e. The number of nitrogens with zero attached hydrogens (tertiary/aromatic N) is 1. The smallest absolute Gasteiger partial charge is 0.251 e. The standard InChI is InChI=1S/C12H17F3N2O/c1-17(7-12(14)15)6-10(16)8-3-4-11(18-2)9(13)5-8/h3-5,10,12H,6-7,16H2,1-2H3. The lowest BCUT2D eigenvalue weighted by atomic mass is 10.1. The van der Waals surface area contributed by atoms with Gasteiger partial charge in [0, 0.05) is 12.6 Å². The van der Waals surface area contributed by atoms with E-state index >= 15 is 0 Å². The second-order valence-electron chi connectivity index (χ2n) is 4.11. The third-order valence-electron chi connectivity index (χ3n) is 2.56. The van der Waals surface area contributed by atoms with Crippen LogP contribution in [0.4, 0.5) is 13.2 Å². The molecule has 2 N–H and O–H groups in total. The molecule has 3 nitrogen and oxygen atoms in total. The minimum Gasteiger partial charge on any atom is -0.494 e. The average Bonchev–Trinajstić information content (AvgIpc) is 2.27. The van der Waals surface area contributed by atoms with Gasteiger partial charge in [-0.3, -0.25) is 4.90 Å². The van der Waals surface area contributed by atoms with E-state index in [0.29, 0.717) is 5.56 Å². The number of halogens is 3. The second kappa shape index (κ2) is 6.61. The molecule has 102 valence electrons. The Morgan fingerprint density at radius 2 is 2.00 bits per heavy atom. The van der Waals surface area contributed by atoms with Gasteiger partial charge in [0.1, 0.15) is 0 Å². The molecular formula is C12H17F3N2O. The number of alkyl halides is 2. The summed E-state index contributed by atoms with van der Waals surface area (Å²) in [6.07, 6.45) is -2.41. The highest BCUT2D eigenvalue weighted by atomic mass is 19.3. The van der Waals surface area contributed by atoms with Gasteiger partial charge in [0.25, 0.3) is 6.43 Å². The van der Waals surface area contributed by atoms with E-state index in [1.807, 2.05) is 0 Å². The predicted octanol–water partition coefficient (Wildman–Crippen LogP) is 2.03. The fraction of sp³-hybridized carbons (Fsp3) is 0.500. The van der Waals surface area contributed by atoms with Crippen molar-refractivity contribution >= 4 is 0 Å². The highest BCUT2D eigenvalue weighted by Crippen LogP contribution is 2.21. The monoisotopic (exact) mass is 262 g/mol. The van der Waals surface area contributed by atoms with Crippen molar-refractivity contribution in [1.29, 1.82) is 0 Å². The Labute approximate surface area is 104 Å². The van der Waals surface area contributed by atoms with E-state index in [1.54, 1.807) is 13.1 Å². The van der Waals surface area contributed by atoms with Gasteiger partial charge in [-0.05, 0) is 24.7 Å². The first-order valence-corrected chi connectivity index (χ1v) is 5.49. The van der Waals surface area contributed by atoms with Crippen LogP contribution in [0.15, 0.2) is 18.2 Å². The zero-order valence-corrected chi connectivity index (χ0v) is 10.4. The van der Waals surface area contributed by atoms with Crippen molar-refractivity contribution in [2.24, 2.45) is 5.73 Å². The number of benzene rings is 1. The normalized spacial score (nSPS) is 13.1. The Hall–Kier alpha value is -1.27. The van der Waals surface area contributed by atoms with E-state index in [1.165, 1.54) is 24.1 Å². The zero-order valence-electron chi connectivity index (χ0n) is 10.4. The van der Waals surface area contributed by atoms with Crippen LogP contribution < -0.4 is 10.5 Å². The molecule has 18 heavy (non-hydrogen) atoms. The van der Waals surface area contributed by atoms with Crippen LogP contribution >= 0.6 is 0 Å². The minimum atomic E-state index is -2.41. The molecule has 0 fully saturated rings. The summed E-state index contributed by atoms with van der Waals surface area (Å²) in [4.78, 5) is 1.41. The number of ether oxygens (including phenoxy) is 1. The molecule has 1 unspecified atom stereocenters. The van der Waals surface area contributed by atoms with Crippen LogP contribution in [-0.2, 0) is 0 Å². The SMILES string of the molecule is COc1ccc(C(N)CN(C)CC(F)F)cc1F. The van der Waals surface area contributed by atoms with Gasteiger partial charge in [0.05, 0.1) is 13.7 Å². The van der Waals surface area contributed by atoms with E-state index in [4.69, 9.17) is 10.5 Å². The zero-order chi connectivity index (χ0) is 13.7. The summed E-state index contributed by atoms with van der Waals surface area (Å²) in [5, 5.41) is 0. The molecule has 0 saturated carbocycles. The molecule has 0 bridgehead atoms. The van der Waals surface area contributed by atoms with E-state index in [9.17, 15) is 13.2 Å². The molecule has 6 heteroatoms. The highest BCUT2D eigenvalue weighted by Gasteiger charge is 2.14. The van der Waals surface area contributed by atoms with E-state index < -0.39 is 18.3 Å². The Morgan fingerprint density at radius 3 is 2.50 bits per heavy atom. The molecule has 0 aliphatic heterocycles.